The molecule has 6 heteroatoms. The molecule has 2 heterocycles. The summed E-state index contributed by atoms with van der Waals surface area (Å²) in [6.45, 7) is 2.80. The number of amides is 1. The minimum Gasteiger partial charge on any atom is -0.355 e. The van der Waals surface area contributed by atoms with E-state index < -0.39 is 0 Å². The molecule has 112 valence electrons. The van der Waals surface area contributed by atoms with Crippen molar-refractivity contribution in [2.75, 3.05) is 19.6 Å². The number of aromatic nitrogens is 2. The number of carbonyl (C=O) groups is 1. The van der Waals surface area contributed by atoms with Crippen molar-refractivity contribution < 1.29 is 4.79 Å². The van der Waals surface area contributed by atoms with Crippen LogP contribution >= 0.6 is 12.4 Å². The molecule has 0 radical (unpaired) electrons. The van der Waals surface area contributed by atoms with Gasteiger partial charge in [0.05, 0.1) is 12.1 Å². The molecule has 1 aromatic heterocycles. The summed E-state index contributed by atoms with van der Waals surface area (Å²) in [6, 6.07) is 9.79. The maximum atomic E-state index is 11.8. The standard InChI is InChI=1S/C15H18N4O.ClH/c20-15(17-11-13-9-16-10-13)8-12-2-4-14(5-3-12)19-7-1-6-18-19;/h1-7,13,16H,8-11H2,(H,17,20);1H. The number of hydrogen-bond acceptors (Lipinski definition) is 3. The maximum Gasteiger partial charge on any atom is 0.224 e. The highest BCUT2D eigenvalue weighted by Gasteiger charge is 2.17. The second kappa shape index (κ2) is 7.24. The first-order valence-electron chi connectivity index (χ1n) is 6.87. The Bertz CT molecular complexity index is 564. The Morgan fingerprint density at radius 1 is 1.33 bits per heavy atom. The SMILES string of the molecule is Cl.O=C(Cc1ccc(-n2cccn2)cc1)NCC1CNC1. The fourth-order valence-corrected chi connectivity index (χ4v) is 2.19. The van der Waals surface area contributed by atoms with Gasteiger partial charge in [0.1, 0.15) is 0 Å². The molecule has 0 bridgehead atoms. The van der Waals surface area contributed by atoms with Crippen molar-refractivity contribution in [1.29, 1.82) is 0 Å². The van der Waals surface area contributed by atoms with Gasteiger partial charge in [-0.05, 0) is 23.8 Å². The van der Waals surface area contributed by atoms with E-state index in [1.54, 1.807) is 10.9 Å². The van der Waals surface area contributed by atoms with Crippen LogP contribution in [0.25, 0.3) is 5.69 Å². The third kappa shape index (κ3) is 4.06. The molecule has 2 aromatic rings. The second-order valence-corrected chi connectivity index (χ2v) is 5.12. The highest BCUT2D eigenvalue weighted by atomic mass is 35.5. The van der Waals surface area contributed by atoms with Crippen molar-refractivity contribution in [1.82, 2.24) is 20.4 Å². The zero-order chi connectivity index (χ0) is 13.8. The first-order valence-corrected chi connectivity index (χ1v) is 6.87. The van der Waals surface area contributed by atoms with Gasteiger partial charge in [-0.3, -0.25) is 4.79 Å². The lowest BCUT2D eigenvalue weighted by molar-refractivity contribution is -0.120. The minimum atomic E-state index is 0. The van der Waals surface area contributed by atoms with Crippen molar-refractivity contribution >= 4 is 18.3 Å². The van der Waals surface area contributed by atoms with Crippen LogP contribution in [0.2, 0.25) is 0 Å². The topological polar surface area (TPSA) is 59.0 Å². The van der Waals surface area contributed by atoms with Crippen molar-refractivity contribution in [3.8, 4) is 5.69 Å². The van der Waals surface area contributed by atoms with Gasteiger partial charge in [0.15, 0.2) is 0 Å². The summed E-state index contributed by atoms with van der Waals surface area (Å²) in [7, 11) is 0. The third-order valence-electron chi connectivity index (χ3n) is 3.52. The van der Waals surface area contributed by atoms with Crippen molar-refractivity contribution in [2.45, 2.75) is 6.42 Å². The molecule has 1 fully saturated rings. The van der Waals surface area contributed by atoms with Crippen molar-refractivity contribution in [2.24, 2.45) is 5.92 Å². The van der Waals surface area contributed by atoms with Crippen molar-refractivity contribution in [3.63, 3.8) is 0 Å². The van der Waals surface area contributed by atoms with E-state index in [0.29, 0.717) is 12.3 Å². The average Bonchev–Trinajstić information content (AvgIpc) is 2.91. The normalized spacial score (nSPS) is 14.1. The zero-order valence-electron chi connectivity index (χ0n) is 11.7. The van der Waals surface area contributed by atoms with E-state index in [1.807, 2.05) is 36.5 Å². The van der Waals surface area contributed by atoms with Crippen LogP contribution in [0.15, 0.2) is 42.7 Å². The van der Waals surface area contributed by atoms with Gasteiger partial charge in [-0.2, -0.15) is 5.10 Å². The largest absolute Gasteiger partial charge is 0.355 e. The molecule has 1 aliphatic heterocycles. The molecule has 2 N–H and O–H groups in total. The monoisotopic (exact) mass is 306 g/mol. The molecule has 0 saturated carbocycles. The summed E-state index contributed by atoms with van der Waals surface area (Å²) < 4.78 is 1.80. The van der Waals surface area contributed by atoms with Crippen molar-refractivity contribution in [3.05, 3.63) is 48.3 Å². The Morgan fingerprint density at radius 2 is 2.10 bits per heavy atom. The van der Waals surface area contributed by atoms with Crippen LogP contribution in [0, 0.1) is 5.92 Å². The summed E-state index contributed by atoms with van der Waals surface area (Å²) >= 11 is 0. The lowest BCUT2D eigenvalue weighted by Crippen LogP contribution is -2.48. The summed E-state index contributed by atoms with van der Waals surface area (Å²) in [6.07, 6.45) is 4.07. The average molecular weight is 307 g/mol. The van der Waals surface area contributed by atoms with Gasteiger partial charge >= 0.3 is 0 Å². The van der Waals surface area contributed by atoms with Crippen LogP contribution in [0.4, 0.5) is 0 Å². The molecule has 0 spiro atoms. The molecule has 0 unspecified atom stereocenters. The number of halogens is 1. The summed E-state index contributed by atoms with van der Waals surface area (Å²) in [5, 5.41) is 10.3. The Kier molecular flexibility index (Phi) is 5.36. The zero-order valence-corrected chi connectivity index (χ0v) is 12.5. The van der Waals surface area contributed by atoms with E-state index in [1.165, 1.54) is 0 Å². The minimum absolute atomic E-state index is 0. The molecule has 3 rings (SSSR count). The number of carbonyl (C=O) groups excluding carboxylic acids is 1. The van der Waals surface area contributed by atoms with Crippen LogP contribution in [0.1, 0.15) is 5.56 Å². The molecule has 5 nitrogen and oxygen atoms in total. The Hall–Kier alpha value is -1.85. The molecule has 0 atom stereocenters. The number of hydrogen-bond donors (Lipinski definition) is 2. The van der Waals surface area contributed by atoms with Gasteiger partial charge in [-0.15, -0.1) is 12.4 Å². The van der Waals surface area contributed by atoms with Crippen LogP contribution in [-0.4, -0.2) is 35.3 Å². The lowest BCUT2D eigenvalue weighted by Gasteiger charge is -2.27. The fraction of sp³-hybridized carbons (Fsp3) is 0.333. The number of nitrogens with zero attached hydrogens (tertiary/aromatic N) is 2. The van der Waals surface area contributed by atoms with Crippen LogP contribution < -0.4 is 10.6 Å². The van der Waals surface area contributed by atoms with Gasteiger partial charge < -0.3 is 10.6 Å². The van der Waals surface area contributed by atoms with Gasteiger partial charge in [0, 0.05) is 37.9 Å². The first kappa shape index (κ1) is 15.5. The van der Waals surface area contributed by atoms with Gasteiger partial charge in [-0.25, -0.2) is 4.68 Å². The number of nitrogens with one attached hydrogen (secondary N) is 2. The molecule has 1 aliphatic rings. The number of benzene rings is 1. The Labute approximate surface area is 130 Å². The van der Waals surface area contributed by atoms with Crippen LogP contribution in [0.3, 0.4) is 0 Å². The highest BCUT2D eigenvalue weighted by molar-refractivity contribution is 5.85. The van der Waals surface area contributed by atoms with E-state index in [2.05, 4.69) is 15.7 Å². The molecule has 1 amide bonds. The number of rotatable bonds is 5. The van der Waals surface area contributed by atoms with Gasteiger partial charge in [-0.1, -0.05) is 12.1 Å². The fourth-order valence-electron chi connectivity index (χ4n) is 2.19. The second-order valence-electron chi connectivity index (χ2n) is 5.12. The molecule has 1 aromatic carbocycles. The Balaban J connectivity index is 0.00000161. The summed E-state index contributed by atoms with van der Waals surface area (Å²) in [5.74, 6) is 0.685. The van der Waals surface area contributed by atoms with E-state index >= 15 is 0 Å². The molecular weight excluding hydrogens is 288 g/mol. The first-order chi connectivity index (χ1) is 9.81. The van der Waals surface area contributed by atoms with E-state index in [4.69, 9.17) is 0 Å². The van der Waals surface area contributed by atoms with E-state index in [9.17, 15) is 4.79 Å². The predicted octanol–water partition coefficient (Wildman–Crippen LogP) is 1.17. The van der Waals surface area contributed by atoms with Gasteiger partial charge in [0.2, 0.25) is 5.91 Å². The maximum absolute atomic E-state index is 11.8. The summed E-state index contributed by atoms with van der Waals surface area (Å²) in [5.41, 5.74) is 2.02. The smallest absolute Gasteiger partial charge is 0.224 e. The predicted molar refractivity (Wildman–Crippen MR) is 83.9 cm³/mol. The Morgan fingerprint density at radius 3 is 2.67 bits per heavy atom. The molecular formula is C15H19ClN4O. The molecule has 0 aliphatic carbocycles. The highest BCUT2D eigenvalue weighted by Crippen LogP contribution is 2.09. The van der Waals surface area contributed by atoms with Crippen LogP contribution in [-0.2, 0) is 11.2 Å². The lowest BCUT2D eigenvalue weighted by atomic mass is 10.0. The molecule has 1 saturated heterocycles. The molecule has 21 heavy (non-hydrogen) atoms. The van der Waals surface area contributed by atoms with Gasteiger partial charge in [0.25, 0.3) is 0 Å². The van der Waals surface area contributed by atoms with E-state index in [-0.39, 0.29) is 18.3 Å². The quantitative estimate of drug-likeness (QED) is 0.872. The summed E-state index contributed by atoms with van der Waals surface area (Å²) in [4.78, 5) is 11.8. The third-order valence-corrected chi connectivity index (χ3v) is 3.52. The van der Waals surface area contributed by atoms with Crippen LogP contribution in [0.5, 0.6) is 0 Å². The van der Waals surface area contributed by atoms with E-state index in [0.717, 1.165) is 30.9 Å².